The Bertz CT molecular complexity index is 594. The number of amides is 1. The number of rotatable bonds is 2. The fraction of sp³-hybridized carbons (Fsp3) is 0.471. The highest BCUT2D eigenvalue weighted by Crippen LogP contribution is 2.33. The average molecular weight is 320 g/mol. The number of fused-ring (bicyclic) bond motifs is 1. The van der Waals surface area contributed by atoms with Crippen molar-refractivity contribution in [1.82, 2.24) is 10.6 Å². The summed E-state index contributed by atoms with van der Waals surface area (Å²) in [7, 11) is 0. The second-order valence-electron chi connectivity index (χ2n) is 6.10. The van der Waals surface area contributed by atoms with Gasteiger partial charge in [-0.3, -0.25) is 4.79 Å². The summed E-state index contributed by atoms with van der Waals surface area (Å²) in [6, 6.07) is 5.75. The summed E-state index contributed by atoms with van der Waals surface area (Å²) in [5, 5.41) is 10.4. The maximum absolute atomic E-state index is 12.4. The van der Waals surface area contributed by atoms with Crippen LogP contribution in [0.15, 0.2) is 30.1 Å². The molecule has 0 radical (unpaired) electrons. The van der Waals surface area contributed by atoms with E-state index >= 15 is 0 Å². The molecule has 0 aliphatic carbocycles. The molecule has 1 aromatic rings. The Morgan fingerprint density at radius 1 is 1.36 bits per heavy atom. The fourth-order valence-electron chi connectivity index (χ4n) is 3.05. The topological polar surface area (TPSA) is 53.2 Å². The summed E-state index contributed by atoms with van der Waals surface area (Å²) in [5.74, 6) is 1.18. The summed E-state index contributed by atoms with van der Waals surface area (Å²) in [6.07, 6.45) is 6.08. The first-order valence-electron chi connectivity index (χ1n) is 7.94. The standard InChI is InChI=1S/C17H22ClN3O/c1-11-5-8-16(20-14-7-6-12(18)10-13(11)14)21-17(22)15-4-2-3-9-19-15/h6-8,10-11,15,19-20H,2-5,9H2,1H3,(H,21,22)/t11?,15-/m0/s1. The van der Waals surface area contributed by atoms with Gasteiger partial charge >= 0.3 is 0 Å². The number of halogens is 1. The molecule has 1 unspecified atom stereocenters. The summed E-state index contributed by atoms with van der Waals surface area (Å²) < 4.78 is 0. The van der Waals surface area contributed by atoms with Crippen LogP contribution in [0.4, 0.5) is 5.69 Å². The third kappa shape index (κ3) is 3.45. The monoisotopic (exact) mass is 319 g/mol. The Balaban J connectivity index is 1.72. The summed E-state index contributed by atoms with van der Waals surface area (Å²) >= 11 is 6.09. The quantitative estimate of drug-likeness (QED) is 0.783. The van der Waals surface area contributed by atoms with Crippen LogP contribution in [-0.2, 0) is 4.79 Å². The average Bonchev–Trinajstić information content (AvgIpc) is 2.68. The van der Waals surface area contributed by atoms with Crippen LogP contribution in [0.1, 0.15) is 44.1 Å². The lowest BCUT2D eigenvalue weighted by molar-refractivity contribution is -0.122. The van der Waals surface area contributed by atoms with Gasteiger partial charge in [0.2, 0.25) is 5.91 Å². The molecule has 1 aromatic carbocycles. The van der Waals surface area contributed by atoms with Gasteiger partial charge < -0.3 is 16.0 Å². The number of piperidine rings is 1. The van der Waals surface area contributed by atoms with Gasteiger partial charge in [-0.1, -0.05) is 24.9 Å². The Labute approximate surface area is 136 Å². The molecule has 1 saturated heterocycles. The van der Waals surface area contributed by atoms with Crippen molar-refractivity contribution < 1.29 is 4.79 Å². The van der Waals surface area contributed by atoms with Gasteiger partial charge in [-0.25, -0.2) is 0 Å². The molecule has 0 spiro atoms. The Hall–Kier alpha value is -1.52. The zero-order valence-corrected chi connectivity index (χ0v) is 13.5. The van der Waals surface area contributed by atoms with Crippen LogP contribution >= 0.6 is 11.6 Å². The molecule has 118 valence electrons. The number of benzene rings is 1. The van der Waals surface area contributed by atoms with Crippen LogP contribution < -0.4 is 16.0 Å². The molecule has 2 heterocycles. The fourth-order valence-corrected chi connectivity index (χ4v) is 3.23. The van der Waals surface area contributed by atoms with E-state index in [4.69, 9.17) is 11.6 Å². The lowest BCUT2D eigenvalue weighted by Gasteiger charge is -2.23. The van der Waals surface area contributed by atoms with Crippen molar-refractivity contribution >= 4 is 23.2 Å². The molecule has 4 nitrogen and oxygen atoms in total. The minimum Gasteiger partial charge on any atom is -0.342 e. The lowest BCUT2D eigenvalue weighted by Crippen LogP contribution is -2.47. The molecule has 3 rings (SSSR count). The molecule has 22 heavy (non-hydrogen) atoms. The molecular formula is C17H22ClN3O. The maximum Gasteiger partial charge on any atom is 0.242 e. The summed E-state index contributed by atoms with van der Waals surface area (Å²) in [5.41, 5.74) is 2.20. The van der Waals surface area contributed by atoms with Gasteiger partial charge in [0.1, 0.15) is 5.82 Å². The smallest absolute Gasteiger partial charge is 0.242 e. The van der Waals surface area contributed by atoms with Crippen molar-refractivity contribution in [3.8, 4) is 0 Å². The van der Waals surface area contributed by atoms with Crippen LogP contribution in [0, 0.1) is 0 Å². The molecular weight excluding hydrogens is 298 g/mol. The van der Waals surface area contributed by atoms with Gasteiger partial charge in [-0.05, 0) is 61.6 Å². The molecule has 2 aliphatic rings. The molecule has 1 amide bonds. The Morgan fingerprint density at radius 2 is 2.23 bits per heavy atom. The number of hydrogen-bond donors (Lipinski definition) is 3. The van der Waals surface area contributed by atoms with E-state index in [1.54, 1.807) is 0 Å². The first-order valence-corrected chi connectivity index (χ1v) is 8.32. The van der Waals surface area contributed by atoms with Crippen LogP contribution in [-0.4, -0.2) is 18.5 Å². The second-order valence-corrected chi connectivity index (χ2v) is 6.54. The third-order valence-corrected chi connectivity index (χ3v) is 4.61. The number of carbonyl (C=O) groups excluding carboxylic acids is 1. The van der Waals surface area contributed by atoms with E-state index in [0.717, 1.165) is 48.8 Å². The number of nitrogens with one attached hydrogen (secondary N) is 3. The van der Waals surface area contributed by atoms with Crippen molar-refractivity contribution in [1.29, 1.82) is 0 Å². The van der Waals surface area contributed by atoms with Gasteiger partial charge in [0.15, 0.2) is 0 Å². The number of anilines is 1. The highest BCUT2D eigenvalue weighted by molar-refractivity contribution is 6.30. The third-order valence-electron chi connectivity index (χ3n) is 4.37. The SMILES string of the molecule is CC1CC=C(NC(=O)[C@@H]2CCCCN2)Nc2ccc(Cl)cc21. The van der Waals surface area contributed by atoms with Crippen molar-refractivity contribution in [2.45, 2.75) is 44.6 Å². The van der Waals surface area contributed by atoms with Crippen molar-refractivity contribution in [2.24, 2.45) is 0 Å². The molecule has 2 aliphatic heterocycles. The molecule has 3 N–H and O–H groups in total. The Morgan fingerprint density at radius 3 is 3.00 bits per heavy atom. The van der Waals surface area contributed by atoms with Crippen molar-refractivity contribution in [3.63, 3.8) is 0 Å². The molecule has 0 aromatic heterocycles. The normalized spacial score (nSPS) is 24.5. The zero-order chi connectivity index (χ0) is 15.5. The highest BCUT2D eigenvalue weighted by atomic mass is 35.5. The molecule has 0 saturated carbocycles. The summed E-state index contributed by atoms with van der Waals surface area (Å²) in [6.45, 7) is 3.09. The van der Waals surface area contributed by atoms with E-state index in [1.165, 1.54) is 5.56 Å². The minimum atomic E-state index is -0.0817. The van der Waals surface area contributed by atoms with Crippen molar-refractivity contribution in [2.75, 3.05) is 11.9 Å². The van der Waals surface area contributed by atoms with Crippen molar-refractivity contribution in [3.05, 3.63) is 40.7 Å². The molecule has 2 atom stereocenters. The second kappa shape index (κ2) is 6.71. The van der Waals surface area contributed by atoms with E-state index in [2.05, 4.69) is 29.0 Å². The minimum absolute atomic E-state index is 0.0449. The van der Waals surface area contributed by atoms with Crippen LogP contribution in [0.5, 0.6) is 0 Å². The predicted molar refractivity (Wildman–Crippen MR) is 90.0 cm³/mol. The molecule has 5 heteroatoms. The van der Waals surface area contributed by atoms with Gasteiger partial charge in [-0.15, -0.1) is 0 Å². The summed E-state index contributed by atoms with van der Waals surface area (Å²) in [4.78, 5) is 12.4. The van der Waals surface area contributed by atoms with E-state index < -0.39 is 0 Å². The van der Waals surface area contributed by atoms with E-state index in [-0.39, 0.29) is 11.9 Å². The van der Waals surface area contributed by atoms with Gasteiger partial charge in [0.25, 0.3) is 0 Å². The predicted octanol–water partition coefficient (Wildman–Crippen LogP) is 3.36. The molecule has 1 fully saturated rings. The maximum atomic E-state index is 12.4. The zero-order valence-electron chi connectivity index (χ0n) is 12.8. The van der Waals surface area contributed by atoms with Gasteiger partial charge in [0.05, 0.1) is 6.04 Å². The highest BCUT2D eigenvalue weighted by Gasteiger charge is 2.22. The first kappa shape index (κ1) is 15.4. The number of allylic oxidation sites excluding steroid dienone is 1. The number of hydrogen-bond acceptors (Lipinski definition) is 3. The molecule has 0 bridgehead atoms. The largest absolute Gasteiger partial charge is 0.342 e. The van der Waals surface area contributed by atoms with Crippen LogP contribution in [0.25, 0.3) is 0 Å². The first-order chi connectivity index (χ1) is 10.6. The van der Waals surface area contributed by atoms with Gasteiger partial charge in [-0.2, -0.15) is 0 Å². The van der Waals surface area contributed by atoms with Gasteiger partial charge in [0, 0.05) is 10.7 Å². The van der Waals surface area contributed by atoms with E-state index in [0.29, 0.717) is 5.92 Å². The van der Waals surface area contributed by atoms with Crippen LogP contribution in [0.2, 0.25) is 5.02 Å². The van der Waals surface area contributed by atoms with Crippen LogP contribution in [0.3, 0.4) is 0 Å². The lowest BCUT2D eigenvalue weighted by atomic mass is 9.97. The Kier molecular flexibility index (Phi) is 4.69. The van der Waals surface area contributed by atoms with E-state index in [1.807, 2.05) is 18.2 Å². The van der Waals surface area contributed by atoms with E-state index in [9.17, 15) is 4.79 Å². The number of carbonyl (C=O) groups is 1.